The highest BCUT2D eigenvalue weighted by atomic mass is 32.1. The molecule has 13 heavy (non-hydrogen) atoms. The van der Waals surface area contributed by atoms with Crippen LogP contribution >= 0.6 is 12.6 Å². The van der Waals surface area contributed by atoms with Gasteiger partial charge in [-0.15, -0.1) is 0 Å². The van der Waals surface area contributed by atoms with Crippen LogP contribution in [0, 0.1) is 5.92 Å². The molecule has 0 radical (unpaired) electrons. The predicted molar refractivity (Wildman–Crippen MR) is 61.3 cm³/mol. The van der Waals surface area contributed by atoms with Gasteiger partial charge in [-0.2, -0.15) is 12.6 Å². The molecule has 78 valence electrons. The van der Waals surface area contributed by atoms with Gasteiger partial charge in [0.2, 0.25) is 0 Å². The summed E-state index contributed by atoms with van der Waals surface area (Å²) in [5, 5.41) is 9.55. The highest BCUT2D eigenvalue weighted by Gasteiger charge is 2.27. The molecule has 1 N–H and O–H groups in total. The van der Waals surface area contributed by atoms with Crippen LogP contribution in [-0.4, -0.2) is 25.0 Å². The van der Waals surface area contributed by atoms with Gasteiger partial charge in [-0.3, -0.25) is 0 Å². The average molecular weight is 204 g/mol. The minimum absolute atomic E-state index is 0.255. The molecule has 0 heterocycles. The van der Waals surface area contributed by atoms with Crippen molar-refractivity contribution in [3.8, 4) is 0 Å². The zero-order valence-electron chi connectivity index (χ0n) is 8.86. The maximum atomic E-state index is 9.55. The van der Waals surface area contributed by atoms with E-state index < -0.39 is 7.12 Å². The van der Waals surface area contributed by atoms with E-state index in [0.29, 0.717) is 5.92 Å². The van der Waals surface area contributed by atoms with Crippen LogP contribution in [0.4, 0.5) is 0 Å². The van der Waals surface area contributed by atoms with Gasteiger partial charge in [-0.05, 0) is 23.9 Å². The highest BCUT2D eigenvalue weighted by molar-refractivity contribution is 7.80. The van der Waals surface area contributed by atoms with E-state index in [9.17, 15) is 5.02 Å². The van der Waals surface area contributed by atoms with E-state index in [4.69, 9.17) is 4.65 Å². The van der Waals surface area contributed by atoms with E-state index in [-0.39, 0.29) is 5.82 Å². The fraction of sp³-hybridized carbons (Fsp3) is 1.00. The van der Waals surface area contributed by atoms with Crippen molar-refractivity contribution < 1.29 is 9.68 Å². The molecule has 0 bridgehead atoms. The molecule has 0 aromatic heterocycles. The summed E-state index contributed by atoms with van der Waals surface area (Å²) in [7, 11) is 0.943. The summed E-state index contributed by atoms with van der Waals surface area (Å²) in [5.41, 5.74) is 0. The van der Waals surface area contributed by atoms with Crippen LogP contribution in [0.3, 0.4) is 0 Å². The number of unbranched alkanes of at least 4 members (excludes halogenated alkanes) is 1. The minimum Gasteiger partial charge on any atom is -0.427 e. The Labute approximate surface area is 87.6 Å². The quantitative estimate of drug-likeness (QED) is 0.378. The molecule has 1 unspecified atom stereocenters. The fourth-order valence-corrected chi connectivity index (χ4v) is 1.70. The van der Waals surface area contributed by atoms with Crippen molar-refractivity contribution in [2.45, 2.75) is 38.9 Å². The van der Waals surface area contributed by atoms with Crippen LogP contribution in [0.1, 0.15) is 33.1 Å². The molecule has 0 rings (SSSR count). The van der Waals surface area contributed by atoms with Gasteiger partial charge in [0.15, 0.2) is 0 Å². The molecule has 0 aliphatic heterocycles. The van der Waals surface area contributed by atoms with Crippen molar-refractivity contribution in [3.05, 3.63) is 0 Å². The largest absolute Gasteiger partial charge is 0.457 e. The molecule has 0 aliphatic carbocycles. The Morgan fingerprint density at radius 2 is 2.00 bits per heavy atom. The maximum absolute atomic E-state index is 9.55. The molecule has 0 spiro atoms. The lowest BCUT2D eigenvalue weighted by Gasteiger charge is -2.21. The summed E-state index contributed by atoms with van der Waals surface area (Å²) in [6.07, 6.45) is 3.25. The van der Waals surface area contributed by atoms with Gasteiger partial charge in [0.05, 0.1) is 0 Å². The third kappa shape index (κ3) is 5.60. The first-order valence-corrected chi connectivity index (χ1v) is 5.58. The van der Waals surface area contributed by atoms with Crippen molar-refractivity contribution in [2.24, 2.45) is 5.92 Å². The number of thiol groups is 1. The normalized spacial score (nSPS) is 13.4. The molecular formula is C9H21BO2S. The maximum Gasteiger partial charge on any atom is 0.457 e. The van der Waals surface area contributed by atoms with Gasteiger partial charge >= 0.3 is 7.12 Å². The zero-order chi connectivity index (χ0) is 10.3. The van der Waals surface area contributed by atoms with E-state index in [1.165, 1.54) is 0 Å². The molecule has 1 atom stereocenters. The van der Waals surface area contributed by atoms with Gasteiger partial charge in [-0.1, -0.05) is 26.7 Å². The van der Waals surface area contributed by atoms with E-state index in [2.05, 4.69) is 26.5 Å². The van der Waals surface area contributed by atoms with Crippen LogP contribution in [0.2, 0.25) is 5.82 Å². The van der Waals surface area contributed by atoms with Crippen molar-refractivity contribution in [1.82, 2.24) is 0 Å². The Morgan fingerprint density at radius 1 is 1.38 bits per heavy atom. The first-order valence-electron chi connectivity index (χ1n) is 4.95. The second kappa shape index (κ2) is 7.71. The Morgan fingerprint density at radius 3 is 2.38 bits per heavy atom. The summed E-state index contributed by atoms with van der Waals surface area (Å²) in [6, 6.07) is 0. The first kappa shape index (κ1) is 13.3. The molecule has 0 saturated heterocycles. The van der Waals surface area contributed by atoms with Crippen LogP contribution in [-0.2, 0) is 4.65 Å². The van der Waals surface area contributed by atoms with Crippen LogP contribution in [0.25, 0.3) is 0 Å². The average Bonchev–Trinajstić information content (AvgIpc) is 2.11. The van der Waals surface area contributed by atoms with Gasteiger partial charge < -0.3 is 9.68 Å². The SMILES string of the molecule is COB(O)C(CCCCS)C(C)C. The molecule has 0 aromatic carbocycles. The van der Waals surface area contributed by atoms with Crippen LogP contribution in [0.5, 0.6) is 0 Å². The Hall–Kier alpha value is 0.335. The van der Waals surface area contributed by atoms with Crippen molar-refractivity contribution in [2.75, 3.05) is 12.9 Å². The summed E-state index contributed by atoms with van der Waals surface area (Å²) >= 11 is 4.16. The Bertz CT molecular complexity index is 122. The lowest BCUT2D eigenvalue weighted by Crippen LogP contribution is -2.27. The third-order valence-corrected chi connectivity index (χ3v) is 2.73. The molecule has 4 heteroatoms. The van der Waals surface area contributed by atoms with E-state index in [1.54, 1.807) is 7.11 Å². The zero-order valence-corrected chi connectivity index (χ0v) is 9.76. The summed E-state index contributed by atoms with van der Waals surface area (Å²) < 4.78 is 4.94. The molecule has 0 aromatic rings. The molecule has 0 fully saturated rings. The van der Waals surface area contributed by atoms with Gasteiger partial charge in [0, 0.05) is 7.11 Å². The highest BCUT2D eigenvalue weighted by Crippen LogP contribution is 2.26. The summed E-state index contributed by atoms with van der Waals surface area (Å²) in [5.74, 6) is 1.65. The summed E-state index contributed by atoms with van der Waals surface area (Å²) in [6.45, 7) is 4.24. The predicted octanol–water partition coefficient (Wildman–Crippen LogP) is 2.24. The Balaban J connectivity index is 3.80. The molecular weight excluding hydrogens is 183 g/mol. The lowest BCUT2D eigenvalue weighted by atomic mass is 9.64. The lowest BCUT2D eigenvalue weighted by molar-refractivity contribution is 0.291. The third-order valence-electron chi connectivity index (χ3n) is 2.41. The van der Waals surface area contributed by atoms with E-state index in [0.717, 1.165) is 25.0 Å². The standard InChI is InChI=1S/C9H21BO2S/c1-8(2)9(10(11)12-3)6-4-5-7-13/h8-9,11,13H,4-7H2,1-3H3. The van der Waals surface area contributed by atoms with Gasteiger partial charge in [0.1, 0.15) is 0 Å². The second-order valence-corrected chi connectivity index (χ2v) is 4.20. The van der Waals surface area contributed by atoms with Crippen LogP contribution in [0.15, 0.2) is 0 Å². The molecule has 0 saturated carbocycles. The van der Waals surface area contributed by atoms with Crippen molar-refractivity contribution >= 4 is 19.7 Å². The van der Waals surface area contributed by atoms with Crippen LogP contribution < -0.4 is 0 Å². The molecule has 2 nitrogen and oxygen atoms in total. The van der Waals surface area contributed by atoms with Gasteiger partial charge in [-0.25, -0.2) is 0 Å². The van der Waals surface area contributed by atoms with E-state index in [1.807, 2.05) is 0 Å². The Kier molecular flexibility index (Phi) is 7.91. The topological polar surface area (TPSA) is 29.5 Å². The molecule has 0 amide bonds. The van der Waals surface area contributed by atoms with Crippen molar-refractivity contribution in [1.29, 1.82) is 0 Å². The van der Waals surface area contributed by atoms with Gasteiger partial charge in [0.25, 0.3) is 0 Å². The number of hydrogen-bond donors (Lipinski definition) is 2. The smallest absolute Gasteiger partial charge is 0.427 e. The fourth-order valence-electron chi connectivity index (χ4n) is 1.47. The van der Waals surface area contributed by atoms with E-state index >= 15 is 0 Å². The second-order valence-electron chi connectivity index (χ2n) is 3.75. The monoisotopic (exact) mass is 204 g/mol. The van der Waals surface area contributed by atoms with Crippen molar-refractivity contribution in [3.63, 3.8) is 0 Å². The number of rotatable bonds is 7. The minimum atomic E-state index is -0.611. The summed E-state index contributed by atoms with van der Waals surface area (Å²) in [4.78, 5) is 0. The first-order chi connectivity index (χ1) is 6.13. The molecule has 0 aliphatic rings. The number of hydrogen-bond acceptors (Lipinski definition) is 3.